The van der Waals surface area contributed by atoms with Crippen LogP contribution in [0.4, 0.5) is 4.79 Å². The van der Waals surface area contributed by atoms with Crippen LogP contribution in [0.2, 0.25) is 0 Å². The number of aryl methyl sites for hydroxylation is 2. The maximum Gasteiger partial charge on any atom is 0.316 e. The number of carbonyl (C=O) groups excluding carboxylic acids is 1. The van der Waals surface area contributed by atoms with Crippen molar-refractivity contribution >= 4 is 17.0 Å². The van der Waals surface area contributed by atoms with Crippen molar-refractivity contribution in [3.05, 3.63) is 94.1 Å². The Morgan fingerprint density at radius 2 is 1.18 bits per heavy atom. The standard InChI is InChI=1S/C24H34N4O2.C23H32N4O2.C5H8ClNO2/c1-15-7-9-19(10-8-15)23-26-24(28-27-23)21(22(25-5)14-30-29-6)13-20-17(3)11-16(2)12-18(20)4;1-13-6-8-17(9-7-13)21-25-22(27-26-21)19(20(24-5)23(28)29)12-18-15(3)10-14(2)11-16(18)4;6-5(8)7-1-3-9-4-2-7/h7-10,16-18,20-22H,11-14H2,1-4,6H3,(H,26,27,28);6-9,14-16,18-20,23,28-29H,10-12H2,1-4H3,(H,25,26,27);1-4H2. The first kappa shape index (κ1) is 54.2. The van der Waals surface area contributed by atoms with Crippen LogP contribution < -0.4 is 0 Å². The highest BCUT2D eigenvalue weighted by molar-refractivity contribution is 6.62. The first-order chi connectivity index (χ1) is 32.5. The number of aliphatic hydroxyl groups is 2. The molecule has 0 spiro atoms. The molecule has 7 rings (SSSR count). The van der Waals surface area contributed by atoms with E-state index in [0.717, 1.165) is 47.7 Å². The fourth-order valence-corrected chi connectivity index (χ4v) is 11.1. The molecule has 8 unspecified atom stereocenters. The van der Waals surface area contributed by atoms with Crippen molar-refractivity contribution in [2.24, 2.45) is 47.3 Å². The lowest BCUT2D eigenvalue weighted by atomic mass is 9.66. The molecule has 0 radical (unpaired) electrons. The lowest BCUT2D eigenvalue weighted by Crippen LogP contribution is -2.37. The normalized spacial score (nSPS) is 25.6. The van der Waals surface area contributed by atoms with Gasteiger partial charge in [0.15, 0.2) is 18.3 Å². The van der Waals surface area contributed by atoms with E-state index in [1.165, 1.54) is 25.5 Å². The minimum atomic E-state index is -1.71. The fraction of sp³-hybridized carbons (Fsp3) is 0.635. The van der Waals surface area contributed by atoms with E-state index in [4.69, 9.17) is 44.2 Å². The topological polar surface area (TPSA) is 180 Å². The second-order valence-corrected chi connectivity index (χ2v) is 20.3. The van der Waals surface area contributed by atoms with E-state index in [1.807, 2.05) is 43.3 Å². The molecule has 68 heavy (non-hydrogen) atoms. The first-order valence-corrected chi connectivity index (χ1v) is 24.7. The number of morpholine rings is 1. The quantitative estimate of drug-likeness (QED) is 0.0237. The molecule has 0 bridgehead atoms. The Labute approximate surface area is 408 Å². The van der Waals surface area contributed by atoms with Gasteiger partial charge in [0, 0.05) is 24.2 Å². The molecule has 15 nitrogen and oxygen atoms in total. The Morgan fingerprint density at radius 3 is 1.54 bits per heavy atom. The molecule has 1 amide bonds. The van der Waals surface area contributed by atoms with Gasteiger partial charge in [0.25, 0.3) is 12.1 Å². The number of rotatable bonds is 14. The zero-order valence-electron chi connectivity index (χ0n) is 41.4. The molecule has 3 heterocycles. The summed E-state index contributed by atoms with van der Waals surface area (Å²) in [6.45, 7) is 36.0. The van der Waals surface area contributed by atoms with E-state index < -0.39 is 18.2 Å². The molecule has 2 aromatic heterocycles. The van der Waals surface area contributed by atoms with Crippen LogP contribution in [0.15, 0.2) is 48.5 Å². The number of amides is 1. The number of H-pyrrole nitrogens is 2. The van der Waals surface area contributed by atoms with Crippen molar-refractivity contribution < 1.29 is 29.5 Å². The summed E-state index contributed by atoms with van der Waals surface area (Å²) in [6, 6.07) is 14.8. The van der Waals surface area contributed by atoms with E-state index in [9.17, 15) is 15.0 Å². The Hall–Kier alpha value is -4.74. The van der Waals surface area contributed by atoms with E-state index in [1.54, 1.807) is 4.90 Å². The molecular formula is C52H74ClN9O6. The molecule has 370 valence electrons. The van der Waals surface area contributed by atoms with Gasteiger partial charge in [-0.2, -0.15) is 10.2 Å². The molecule has 2 aromatic carbocycles. The second kappa shape index (κ2) is 26.3. The molecule has 1 saturated heterocycles. The molecule has 2 aliphatic carbocycles. The van der Waals surface area contributed by atoms with Crippen LogP contribution in [0.5, 0.6) is 0 Å². The van der Waals surface area contributed by atoms with Gasteiger partial charge in [0.1, 0.15) is 11.6 Å². The maximum atomic E-state index is 10.4. The largest absolute Gasteiger partial charge is 0.378 e. The summed E-state index contributed by atoms with van der Waals surface area (Å²) in [4.78, 5) is 38.9. The van der Waals surface area contributed by atoms with Crippen LogP contribution in [-0.2, 0) is 14.5 Å². The number of aromatic amines is 2. The summed E-state index contributed by atoms with van der Waals surface area (Å²) >= 11 is 5.19. The van der Waals surface area contributed by atoms with Crippen molar-refractivity contribution in [1.82, 2.24) is 35.3 Å². The minimum absolute atomic E-state index is 0.0762. The lowest BCUT2D eigenvalue weighted by molar-refractivity contribution is -0.274. The maximum absolute atomic E-state index is 10.4. The van der Waals surface area contributed by atoms with Crippen LogP contribution in [0.25, 0.3) is 32.5 Å². The Bertz CT molecular complexity index is 2190. The average Bonchev–Trinajstić information content (AvgIpc) is 4.00. The smallest absolute Gasteiger partial charge is 0.316 e. The van der Waals surface area contributed by atoms with Crippen molar-refractivity contribution in [3.63, 3.8) is 0 Å². The molecule has 2 saturated carbocycles. The summed E-state index contributed by atoms with van der Waals surface area (Å²) in [5.74, 6) is 6.82. The molecule has 4 N–H and O–H groups in total. The summed E-state index contributed by atoms with van der Waals surface area (Å²) in [7, 11) is 1.48. The molecule has 1 aliphatic heterocycles. The van der Waals surface area contributed by atoms with Gasteiger partial charge >= 0.3 is 5.37 Å². The predicted octanol–water partition coefficient (Wildman–Crippen LogP) is 10.3. The highest BCUT2D eigenvalue weighted by atomic mass is 35.5. The zero-order valence-corrected chi connectivity index (χ0v) is 42.2. The Morgan fingerprint density at radius 1 is 0.750 bits per heavy atom. The van der Waals surface area contributed by atoms with E-state index in [-0.39, 0.29) is 23.9 Å². The van der Waals surface area contributed by atoms with Crippen molar-refractivity contribution in [2.75, 3.05) is 40.0 Å². The molecule has 16 heteroatoms. The van der Waals surface area contributed by atoms with Gasteiger partial charge in [0.2, 0.25) is 6.29 Å². The van der Waals surface area contributed by atoms with Crippen LogP contribution >= 0.6 is 11.6 Å². The number of nitrogens with zero attached hydrogens (tertiary/aromatic N) is 7. The van der Waals surface area contributed by atoms with Gasteiger partial charge in [0.05, 0.1) is 32.2 Å². The third-order valence-corrected chi connectivity index (χ3v) is 14.8. The second-order valence-electron chi connectivity index (χ2n) is 19.9. The lowest BCUT2D eigenvalue weighted by Gasteiger charge is -2.39. The van der Waals surface area contributed by atoms with Gasteiger partial charge in [-0.25, -0.2) is 32.9 Å². The number of carbonyl (C=O) groups is 1. The summed E-state index contributed by atoms with van der Waals surface area (Å²) in [6.07, 6.45) is 4.70. The number of halogens is 1. The third kappa shape index (κ3) is 15.1. The molecular weight excluding hydrogens is 882 g/mol. The summed E-state index contributed by atoms with van der Waals surface area (Å²) < 4.78 is 5.00. The van der Waals surface area contributed by atoms with Gasteiger partial charge < -0.3 is 29.5 Å². The zero-order chi connectivity index (χ0) is 49.5. The molecule has 3 fully saturated rings. The van der Waals surface area contributed by atoms with Gasteiger partial charge in [-0.3, -0.25) is 15.0 Å². The van der Waals surface area contributed by atoms with E-state index in [0.29, 0.717) is 91.6 Å². The number of hydrogen-bond donors (Lipinski definition) is 4. The summed E-state index contributed by atoms with van der Waals surface area (Å²) in [5, 5.41) is 34.3. The number of nitrogens with one attached hydrogen (secondary N) is 2. The van der Waals surface area contributed by atoms with Crippen molar-refractivity contribution in [3.8, 4) is 22.8 Å². The first-order valence-electron chi connectivity index (χ1n) is 24.3. The third-order valence-electron chi connectivity index (χ3n) is 14.5. The fourth-order valence-electron chi connectivity index (χ4n) is 11.0. The van der Waals surface area contributed by atoms with E-state index >= 15 is 0 Å². The summed E-state index contributed by atoms with van der Waals surface area (Å²) in [5.41, 5.74) is 4.23. The highest BCUT2D eigenvalue weighted by Crippen LogP contribution is 2.45. The SMILES string of the molecule is O=C(Cl)N1CCOCC1.[C-]#[N+]C(C(O)O)C(CC1C(C)CC(C)CC1C)c1nc(-c2ccc(C)cc2)n[nH]1.[C-]#[N+]C(COOC)C(CC1C(C)CC(C)CC1C)c1nc(-c2ccc(C)cc2)n[nH]1. The van der Waals surface area contributed by atoms with Crippen molar-refractivity contribution in [2.45, 2.75) is 124 Å². The number of aliphatic hydroxyl groups excluding tert-OH is 1. The number of hydrogen-bond acceptors (Lipinski definition) is 10. The van der Waals surface area contributed by atoms with Crippen LogP contribution in [-0.4, -0.2) is 109 Å². The van der Waals surface area contributed by atoms with Gasteiger partial charge in [-0.05, 0) is 111 Å². The van der Waals surface area contributed by atoms with Gasteiger partial charge in [-0.15, -0.1) is 0 Å². The highest BCUT2D eigenvalue weighted by Gasteiger charge is 2.42. The van der Waals surface area contributed by atoms with Crippen LogP contribution in [0.3, 0.4) is 0 Å². The predicted molar refractivity (Wildman–Crippen MR) is 264 cm³/mol. The molecule has 8 atom stereocenters. The Kier molecular flexibility index (Phi) is 21.0. The minimum Gasteiger partial charge on any atom is -0.378 e. The number of ether oxygens (including phenoxy) is 1. The van der Waals surface area contributed by atoms with Crippen LogP contribution in [0.1, 0.15) is 115 Å². The van der Waals surface area contributed by atoms with Gasteiger partial charge in [-0.1, -0.05) is 101 Å². The number of aromatic nitrogens is 6. The molecule has 3 aliphatic rings. The van der Waals surface area contributed by atoms with Crippen LogP contribution in [0, 0.1) is 74.3 Å². The average molecular weight is 957 g/mol. The molecule has 4 aromatic rings. The number of benzene rings is 2. The Balaban J connectivity index is 0.000000215. The monoisotopic (exact) mass is 956 g/mol. The van der Waals surface area contributed by atoms with Crippen molar-refractivity contribution in [1.29, 1.82) is 0 Å². The van der Waals surface area contributed by atoms with E-state index in [2.05, 4.69) is 95.7 Å².